The van der Waals surface area contributed by atoms with E-state index < -0.39 is 0 Å². The number of nitrogens with zero attached hydrogens (tertiary/aromatic N) is 3. The van der Waals surface area contributed by atoms with Crippen LogP contribution in [0.1, 0.15) is 26.2 Å². The molecule has 0 aliphatic heterocycles. The molecule has 1 aliphatic rings. The van der Waals surface area contributed by atoms with Crippen LogP contribution >= 0.6 is 11.8 Å². The minimum atomic E-state index is 0.762. The van der Waals surface area contributed by atoms with Crippen LogP contribution in [0.25, 0.3) is 0 Å². The second-order valence-electron chi connectivity index (χ2n) is 3.88. The molecule has 1 saturated carbocycles. The van der Waals surface area contributed by atoms with E-state index in [0.29, 0.717) is 0 Å². The van der Waals surface area contributed by atoms with Gasteiger partial charge in [0.05, 0.1) is 0 Å². The van der Waals surface area contributed by atoms with Gasteiger partial charge in [0, 0.05) is 12.3 Å². The van der Waals surface area contributed by atoms with E-state index in [9.17, 15) is 0 Å². The minimum absolute atomic E-state index is 0.762. The fraction of sp³-hybridized carbons (Fsp3) is 0.778. The van der Waals surface area contributed by atoms with Crippen molar-refractivity contribution in [1.82, 2.24) is 14.8 Å². The molecular formula is C9H15N3S. The maximum absolute atomic E-state index is 4.08. The lowest BCUT2D eigenvalue weighted by Crippen LogP contribution is -1.99. The van der Waals surface area contributed by atoms with E-state index in [4.69, 9.17) is 0 Å². The van der Waals surface area contributed by atoms with Gasteiger partial charge in [0.25, 0.3) is 0 Å². The summed E-state index contributed by atoms with van der Waals surface area (Å²) in [6.45, 7) is 2.33. The monoisotopic (exact) mass is 197 g/mol. The standard InChI is InChI=1S/C9H15N3S/c1-7-3-4-8(5-7)13-9-11-10-6-12(9)2/h6-8H,3-5H2,1-2H3. The number of hydrogen-bond donors (Lipinski definition) is 0. The van der Waals surface area contributed by atoms with Crippen molar-refractivity contribution in [2.75, 3.05) is 0 Å². The van der Waals surface area contributed by atoms with Gasteiger partial charge < -0.3 is 4.57 Å². The van der Waals surface area contributed by atoms with Crippen LogP contribution in [0.4, 0.5) is 0 Å². The quantitative estimate of drug-likeness (QED) is 0.727. The topological polar surface area (TPSA) is 30.7 Å². The first kappa shape index (κ1) is 9.06. The van der Waals surface area contributed by atoms with Crippen LogP contribution in [0.15, 0.2) is 11.5 Å². The van der Waals surface area contributed by atoms with Gasteiger partial charge in [0.1, 0.15) is 6.33 Å². The molecular weight excluding hydrogens is 182 g/mol. The Hall–Kier alpha value is -0.510. The lowest BCUT2D eigenvalue weighted by atomic mass is 10.1. The average Bonchev–Trinajstić information content (AvgIpc) is 2.64. The predicted molar refractivity (Wildman–Crippen MR) is 53.7 cm³/mol. The number of aromatic nitrogens is 3. The molecule has 3 nitrogen and oxygen atoms in total. The maximum Gasteiger partial charge on any atom is 0.191 e. The Labute approximate surface area is 82.9 Å². The van der Waals surface area contributed by atoms with Gasteiger partial charge in [-0.1, -0.05) is 18.7 Å². The van der Waals surface area contributed by atoms with Crippen LogP contribution < -0.4 is 0 Å². The van der Waals surface area contributed by atoms with Crippen LogP contribution in [0.3, 0.4) is 0 Å². The summed E-state index contributed by atoms with van der Waals surface area (Å²) < 4.78 is 1.99. The van der Waals surface area contributed by atoms with E-state index in [0.717, 1.165) is 16.3 Å². The Morgan fingerprint density at radius 1 is 1.54 bits per heavy atom. The van der Waals surface area contributed by atoms with E-state index in [1.54, 1.807) is 6.33 Å². The summed E-state index contributed by atoms with van der Waals surface area (Å²) in [4.78, 5) is 0. The van der Waals surface area contributed by atoms with Crippen LogP contribution in [0, 0.1) is 5.92 Å². The number of rotatable bonds is 2. The van der Waals surface area contributed by atoms with Gasteiger partial charge >= 0.3 is 0 Å². The molecule has 13 heavy (non-hydrogen) atoms. The second-order valence-corrected chi connectivity index (χ2v) is 5.15. The first-order chi connectivity index (χ1) is 6.25. The summed E-state index contributed by atoms with van der Waals surface area (Å²) in [6, 6.07) is 0. The van der Waals surface area contributed by atoms with E-state index in [-0.39, 0.29) is 0 Å². The molecule has 4 heteroatoms. The normalized spacial score (nSPS) is 28.2. The van der Waals surface area contributed by atoms with E-state index in [2.05, 4.69) is 17.1 Å². The first-order valence-electron chi connectivity index (χ1n) is 4.76. The van der Waals surface area contributed by atoms with Gasteiger partial charge in [-0.05, 0) is 25.2 Å². The van der Waals surface area contributed by atoms with Crippen molar-refractivity contribution < 1.29 is 0 Å². The Kier molecular flexibility index (Phi) is 2.58. The molecule has 0 N–H and O–H groups in total. The average molecular weight is 197 g/mol. The highest BCUT2D eigenvalue weighted by Gasteiger charge is 2.23. The number of aryl methyl sites for hydroxylation is 1. The Bertz CT molecular complexity index is 284. The fourth-order valence-electron chi connectivity index (χ4n) is 1.79. The van der Waals surface area contributed by atoms with Gasteiger partial charge in [-0.25, -0.2) is 0 Å². The lowest BCUT2D eigenvalue weighted by Gasteiger charge is -2.07. The van der Waals surface area contributed by atoms with Crippen LogP contribution in [0.2, 0.25) is 0 Å². The fourth-order valence-corrected chi connectivity index (χ4v) is 3.07. The third-order valence-electron chi connectivity index (χ3n) is 2.59. The summed E-state index contributed by atoms with van der Waals surface area (Å²) in [7, 11) is 2.00. The molecule has 0 bridgehead atoms. The first-order valence-corrected chi connectivity index (χ1v) is 5.64. The largest absolute Gasteiger partial charge is 0.312 e. The minimum Gasteiger partial charge on any atom is -0.312 e. The summed E-state index contributed by atoms with van der Waals surface area (Å²) in [5, 5.41) is 9.77. The van der Waals surface area contributed by atoms with Crippen molar-refractivity contribution in [1.29, 1.82) is 0 Å². The molecule has 1 aliphatic carbocycles. The summed E-state index contributed by atoms with van der Waals surface area (Å²) in [5.41, 5.74) is 0. The van der Waals surface area contributed by atoms with Crippen molar-refractivity contribution in [2.45, 2.75) is 36.6 Å². The Balaban J connectivity index is 1.95. The Morgan fingerprint density at radius 3 is 2.92 bits per heavy atom. The zero-order chi connectivity index (χ0) is 9.26. The highest BCUT2D eigenvalue weighted by atomic mass is 32.2. The molecule has 0 aromatic carbocycles. The van der Waals surface area contributed by atoms with Gasteiger partial charge in [-0.2, -0.15) is 0 Å². The summed E-state index contributed by atoms with van der Waals surface area (Å²) >= 11 is 1.88. The van der Waals surface area contributed by atoms with E-state index >= 15 is 0 Å². The zero-order valence-corrected chi connectivity index (χ0v) is 8.92. The molecule has 1 aromatic rings. The van der Waals surface area contributed by atoms with E-state index in [1.807, 2.05) is 23.4 Å². The molecule has 1 heterocycles. The molecule has 72 valence electrons. The van der Waals surface area contributed by atoms with Crippen LogP contribution in [-0.4, -0.2) is 20.0 Å². The number of thioether (sulfide) groups is 1. The highest BCUT2D eigenvalue weighted by Crippen LogP contribution is 2.36. The zero-order valence-electron chi connectivity index (χ0n) is 8.10. The Morgan fingerprint density at radius 2 is 2.38 bits per heavy atom. The van der Waals surface area contributed by atoms with Crippen molar-refractivity contribution in [3.05, 3.63) is 6.33 Å². The highest BCUT2D eigenvalue weighted by molar-refractivity contribution is 7.99. The lowest BCUT2D eigenvalue weighted by molar-refractivity contribution is 0.613. The predicted octanol–water partition coefficient (Wildman–Crippen LogP) is 2.10. The SMILES string of the molecule is CC1CCC(Sc2nncn2C)C1. The third kappa shape index (κ3) is 2.05. The molecule has 0 amide bonds. The van der Waals surface area contributed by atoms with Crippen LogP contribution in [0.5, 0.6) is 0 Å². The molecule has 1 fully saturated rings. The van der Waals surface area contributed by atoms with Crippen LogP contribution in [-0.2, 0) is 7.05 Å². The molecule has 0 radical (unpaired) electrons. The van der Waals surface area contributed by atoms with Gasteiger partial charge in [0.15, 0.2) is 5.16 Å². The second kappa shape index (κ2) is 3.70. The van der Waals surface area contributed by atoms with Gasteiger partial charge in [-0.3, -0.25) is 0 Å². The number of hydrogen-bond acceptors (Lipinski definition) is 3. The molecule has 2 unspecified atom stereocenters. The smallest absolute Gasteiger partial charge is 0.191 e. The van der Waals surface area contributed by atoms with Gasteiger partial charge in [-0.15, -0.1) is 10.2 Å². The molecule has 2 rings (SSSR count). The molecule has 1 aromatic heterocycles. The van der Waals surface area contributed by atoms with Crippen molar-refractivity contribution in [3.63, 3.8) is 0 Å². The molecule has 2 atom stereocenters. The van der Waals surface area contributed by atoms with Crippen molar-refractivity contribution >= 4 is 11.8 Å². The van der Waals surface area contributed by atoms with E-state index in [1.165, 1.54) is 19.3 Å². The molecule has 0 spiro atoms. The van der Waals surface area contributed by atoms with Crippen molar-refractivity contribution in [2.24, 2.45) is 13.0 Å². The molecule has 0 saturated heterocycles. The summed E-state index contributed by atoms with van der Waals surface area (Å²) in [6.07, 6.45) is 5.80. The van der Waals surface area contributed by atoms with Crippen molar-refractivity contribution in [3.8, 4) is 0 Å². The van der Waals surface area contributed by atoms with Gasteiger partial charge in [0.2, 0.25) is 0 Å². The maximum atomic E-state index is 4.08. The summed E-state index contributed by atoms with van der Waals surface area (Å²) in [5.74, 6) is 0.894. The third-order valence-corrected chi connectivity index (χ3v) is 3.93.